The van der Waals surface area contributed by atoms with Gasteiger partial charge in [0, 0.05) is 25.6 Å². The van der Waals surface area contributed by atoms with Gasteiger partial charge in [-0.1, -0.05) is 12.1 Å². The standard InChI is InChI=1S/C14H16F3NO3/c15-14(16,17)21-12-3-1-2-10(6-12)7-13(20)18-5-4-11(8-18)9-19/h1-3,6,11,19H,4-5,7-9H2. The van der Waals surface area contributed by atoms with Crippen LogP contribution in [0.5, 0.6) is 5.75 Å². The molecule has 1 fully saturated rings. The number of carbonyl (C=O) groups is 1. The van der Waals surface area contributed by atoms with E-state index in [2.05, 4.69) is 4.74 Å². The SMILES string of the molecule is O=C(Cc1cccc(OC(F)(F)F)c1)N1CCC(CO)C1. The first-order valence-corrected chi connectivity index (χ1v) is 6.60. The van der Waals surface area contributed by atoms with Crippen LogP contribution in [0, 0.1) is 5.92 Å². The first-order chi connectivity index (χ1) is 9.87. The van der Waals surface area contributed by atoms with Crippen molar-refractivity contribution in [1.29, 1.82) is 0 Å². The molecule has 2 rings (SSSR count). The number of ether oxygens (including phenoxy) is 1. The summed E-state index contributed by atoms with van der Waals surface area (Å²) in [7, 11) is 0. The normalized spacial score (nSPS) is 18.9. The van der Waals surface area contributed by atoms with Gasteiger partial charge in [0.05, 0.1) is 6.42 Å². The van der Waals surface area contributed by atoms with Crippen LogP contribution >= 0.6 is 0 Å². The summed E-state index contributed by atoms with van der Waals surface area (Å²) in [6.07, 6.45) is -3.97. The highest BCUT2D eigenvalue weighted by Gasteiger charge is 2.31. The zero-order valence-corrected chi connectivity index (χ0v) is 11.3. The Labute approximate surface area is 120 Å². The van der Waals surface area contributed by atoms with E-state index in [4.69, 9.17) is 5.11 Å². The molecule has 1 aliphatic heterocycles. The number of rotatable bonds is 4. The Morgan fingerprint density at radius 1 is 1.43 bits per heavy atom. The lowest BCUT2D eigenvalue weighted by Crippen LogP contribution is -2.30. The molecule has 1 aromatic carbocycles. The third kappa shape index (κ3) is 4.63. The minimum atomic E-state index is -4.74. The molecule has 1 aliphatic rings. The summed E-state index contributed by atoms with van der Waals surface area (Å²) in [6, 6.07) is 5.41. The lowest BCUT2D eigenvalue weighted by molar-refractivity contribution is -0.274. The van der Waals surface area contributed by atoms with Gasteiger partial charge in [-0.25, -0.2) is 0 Å². The maximum Gasteiger partial charge on any atom is 0.573 e. The summed E-state index contributed by atoms with van der Waals surface area (Å²) in [5.41, 5.74) is 0.467. The number of benzene rings is 1. The third-order valence-electron chi connectivity index (χ3n) is 3.38. The van der Waals surface area contributed by atoms with Gasteiger partial charge in [-0.3, -0.25) is 4.79 Å². The number of likely N-dealkylation sites (tertiary alicyclic amines) is 1. The molecule has 1 heterocycles. The number of alkyl halides is 3. The summed E-state index contributed by atoms with van der Waals surface area (Å²) < 4.78 is 40.3. The molecule has 1 aromatic rings. The smallest absolute Gasteiger partial charge is 0.406 e. The van der Waals surface area contributed by atoms with E-state index in [1.807, 2.05) is 0 Å². The number of aliphatic hydroxyl groups excluding tert-OH is 1. The van der Waals surface area contributed by atoms with E-state index in [-0.39, 0.29) is 30.6 Å². The van der Waals surface area contributed by atoms with Crippen molar-refractivity contribution in [3.8, 4) is 5.75 Å². The van der Waals surface area contributed by atoms with Crippen LogP contribution in [0.3, 0.4) is 0 Å². The van der Waals surface area contributed by atoms with E-state index >= 15 is 0 Å². The second-order valence-corrected chi connectivity index (χ2v) is 5.05. The fraction of sp³-hybridized carbons (Fsp3) is 0.500. The number of carbonyl (C=O) groups excluding carboxylic acids is 1. The van der Waals surface area contributed by atoms with Crippen LogP contribution in [0.25, 0.3) is 0 Å². The molecule has 0 spiro atoms. The average Bonchev–Trinajstić information content (AvgIpc) is 2.85. The second kappa shape index (κ2) is 6.34. The average molecular weight is 303 g/mol. The maximum atomic E-state index is 12.1. The number of halogens is 3. The van der Waals surface area contributed by atoms with Crippen LogP contribution < -0.4 is 4.74 Å². The van der Waals surface area contributed by atoms with Crippen LogP contribution in [-0.4, -0.2) is 42.0 Å². The van der Waals surface area contributed by atoms with Crippen molar-refractivity contribution in [3.05, 3.63) is 29.8 Å². The molecule has 1 N–H and O–H groups in total. The minimum Gasteiger partial charge on any atom is -0.406 e. The summed E-state index contributed by atoms with van der Waals surface area (Å²) in [5, 5.41) is 9.04. The van der Waals surface area contributed by atoms with Gasteiger partial charge in [0.25, 0.3) is 0 Å². The molecule has 4 nitrogen and oxygen atoms in total. The van der Waals surface area contributed by atoms with Crippen LogP contribution in [0.4, 0.5) is 13.2 Å². The molecular formula is C14H16F3NO3. The highest BCUT2D eigenvalue weighted by atomic mass is 19.4. The van der Waals surface area contributed by atoms with E-state index in [9.17, 15) is 18.0 Å². The number of amides is 1. The van der Waals surface area contributed by atoms with Crippen molar-refractivity contribution < 1.29 is 27.8 Å². The Morgan fingerprint density at radius 2 is 2.19 bits per heavy atom. The Balaban J connectivity index is 1.96. The number of hydrogen-bond acceptors (Lipinski definition) is 3. The lowest BCUT2D eigenvalue weighted by atomic mass is 10.1. The molecule has 0 radical (unpaired) electrons. The fourth-order valence-electron chi connectivity index (χ4n) is 2.35. The van der Waals surface area contributed by atoms with Crippen molar-refractivity contribution in [3.63, 3.8) is 0 Å². The van der Waals surface area contributed by atoms with E-state index in [0.717, 1.165) is 6.42 Å². The molecule has 1 unspecified atom stereocenters. The van der Waals surface area contributed by atoms with Gasteiger partial charge in [-0.2, -0.15) is 0 Å². The van der Waals surface area contributed by atoms with Crippen LogP contribution in [0.2, 0.25) is 0 Å². The second-order valence-electron chi connectivity index (χ2n) is 5.05. The molecule has 0 aromatic heterocycles. The van der Waals surface area contributed by atoms with Crippen LogP contribution in [-0.2, 0) is 11.2 Å². The topological polar surface area (TPSA) is 49.8 Å². The highest BCUT2D eigenvalue weighted by Crippen LogP contribution is 2.24. The molecule has 116 valence electrons. The van der Waals surface area contributed by atoms with E-state index in [0.29, 0.717) is 18.7 Å². The van der Waals surface area contributed by atoms with Crippen molar-refractivity contribution in [2.45, 2.75) is 19.2 Å². The minimum absolute atomic E-state index is 0.0210. The monoisotopic (exact) mass is 303 g/mol. The van der Waals surface area contributed by atoms with E-state index in [1.165, 1.54) is 18.2 Å². The van der Waals surface area contributed by atoms with Gasteiger partial charge >= 0.3 is 6.36 Å². The third-order valence-corrected chi connectivity index (χ3v) is 3.38. The number of hydrogen-bond donors (Lipinski definition) is 1. The summed E-state index contributed by atoms with van der Waals surface area (Å²) in [6.45, 7) is 1.11. The van der Waals surface area contributed by atoms with E-state index in [1.54, 1.807) is 11.0 Å². The molecule has 1 saturated heterocycles. The number of nitrogens with zero attached hydrogens (tertiary/aromatic N) is 1. The summed E-state index contributed by atoms with van der Waals surface area (Å²) in [4.78, 5) is 13.7. The molecular weight excluding hydrogens is 287 g/mol. The number of aliphatic hydroxyl groups is 1. The van der Waals surface area contributed by atoms with Gasteiger partial charge in [0.1, 0.15) is 5.75 Å². The molecule has 1 amide bonds. The summed E-state index contributed by atoms with van der Waals surface area (Å²) in [5.74, 6) is -0.397. The van der Waals surface area contributed by atoms with Crippen LogP contribution in [0.15, 0.2) is 24.3 Å². The quantitative estimate of drug-likeness (QED) is 0.925. The lowest BCUT2D eigenvalue weighted by Gasteiger charge is -2.16. The van der Waals surface area contributed by atoms with Gasteiger partial charge in [0.2, 0.25) is 5.91 Å². The summed E-state index contributed by atoms with van der Waals surface area (Å²) >= 11 is 0. The largest absolute Gasteiger partial charge is 0.573 e. The highest BCUT2D eigenvalue weighted by molar-refractivity contribution is 5.79. The first kappa shape index (κ1) is 15.6. The van der Waals surface area contributed by atoms with Crippen molar-refractivity contribution in [2.75, 3.05) is 19.7 Å². The predicted molar refractivity (Wildman–Crippen MR) is 68.6 cm³/mol. The molecule has 0 bridgehead atoms. The van der Waals surface area contributed by atoms with Crippen molar-refractivity contribution in [1.82, 2.24) is 4.90 Å². The molecule has 0 aliphatic carbocycles. The Bertz CT molecular complexity index is 504. The van der Waals surface area contributed by atoms with Gasteiger partial charge in [0.15, 0.2) is 0 Å². The van der Waals surface area contributed by atoms with Gasteiger partial charge in [-0.15, -0.1) is 13.2 Å². The molecule has 7 heteroatoms. The Morgan fingerprint density at radius 3 is 2.81 bits per heavy atom. The van der Waals surface area contributed by atoms with Crippen molar-refractivity contribution >= 4 is 5.91 Å². The van der Waals surface area contributed by atoms with Gasteiger partial charge in [-0.05, 0) is 24.1 Å². The zero-order valence-electron chi connectivity index (χ0n) is 11.3. The zero-order chi connectivity index (χ0) is 15.5. The van der Waals surface area contributed by atoms with Crippen molar-refractivity contribution in [2.24, 2.45) is 5.92 Å². The first-order valence-electron chi connectivity index (χ1n) is 6.60. The Kier molecular flexibility index (Phi) is 4.72. The van der Waals surface area contributed by atoms with Gasteiger partial charge < -0.3 is 14.7 Å². The predicted octanol–water partition coefficient (Wildman–Crippen LogP) is 1.97. The van der Waals surface area contributed by atoms with E-state index < -0.39 is 6.36 Å². The molecule has 21 heavy (non-hydrogen) atoms. The van der Waals surface area contributed by atoms with Crippen LogP contribution in [0.1, 0.15) is 12.0 Å². The Hall–Kier alpha value is -1.76. The fourth-order valence-corrected chi connectivity index (χ4v) is 2.35. The molecule has 0 saturated carbocycles. The maximum absolute atomic E-state index is 12.1. The molecule has 1 atom stereocenters.